The molecule has 96 valence electrons. The minimum atomic E-state index is 0.353. The van der Waals surface area contributed by atoms with Gasteiger partial charge in [0.15, 0.2) is 0 Å². The fourth-order valence-corrected chi connectivity index (χ4v) is 2.19. The second-order valence-corrected chi connectivity index (χ2v) is 4.81. The summed E-state index contributed by atoms with van der Waals surface area (Å²) in [6, 6.07) is 0.353. The van der Waals surface area contributed by atoms with Crippen LogP contribution in [0.25, 0.3) is 0 Å². The molecule has 1 aromatic heterocycles. The predicted octanol–water partition coefficient (Wildman–Crippen LogP) is 3.14. The number of hydrogen-bond acceptors (Lipinski definition) is 2. The molecule has 1 aromatic rings. The Kier molecular flexibility index (Phi) is 4.94. The van der Waals surface area contributed by atoms with Gasteiger partial charge in [-0.1, -0.05) is 11.6 Å². The average Bonchev–Trinajstić information content (AvgIpc) is 2.53. The minimum absolute atomic E-state index is 0.353. The van der Waals surface area contributed by atoms with Gasteiger partial charge in [-0.25, -0.2) is 0 Å². The molecule has 17 heavy (non-hydrogen) atoms. The largest absolute Gasteiger partial charge is 0.307 e. The summed E-state index contributed by atoms with van der Waals surface area (Å²) >= 11 is 0. The smallest absolute Gasteiger partial charge is 0.0644 e. The van der Waals surface area contributed by atoms with Crippen LogP contribution in [0.5, 0.6) is 0 Å². The molecule has 0 aliphatic heterocycles. The Bertz CT molecular complexity index is 398. The number of hydrogen-bond donors (Lipinski definition) is 1. The minimum Gasteiger partial charge on any atom is -0.307 e. The Hall–Kier alpha value is -1.09. The summed E-state index contributed by atoms with van der Waals surface area (Å²) in [5.74, 6) is 0. The lowest BCUT2D eigenvalue weighted by Gasteiger charge is -2.13. The summed E-state index contributed by atoms with van der Waals surface area (Å²) in [6.07, 6.45) is 2.21. The van der Waals surface area contributed by atoms with Gasteiger partial charge in [0.2, 0.25) is 0 Å². The average molecular weight is 235 g/mol. The maximum Gasteiger partial charge on any atom is 0.0644 e. The van der Waals surface area contributed by atoms with Crippen molar-refractivity contribution in [2.75, 3.05) is 6.54 Å². The fraction of sp³-hybridized carbons (Fsp3) is 0.643. The van der Waals surface area contributed by atoms with E-state index in [4.69, 9.17) is 0 Å². The van der Waals surface area contributed by atoms with Gasteiger partial charge in [-0.05, 0) is 41.5 Å². The highest BCUT2D eigenvalue weighted by atomic mass is 15.3. The highest BCUT2D eigenvalue weighted by Crippen LogP contribution is 2.21. The zero-order valence-corrected chi connectivity index (χ0v) is 12.0. The van der Waals surface area contributed by atoms with Crippen molar-refractivity contribution in [2.24, 2.45) is 0 Å². The summed E-state index contributed by atoms with van der Waals surface area (Å²) < 4.78 is 2.07. The van der Waals surface area contributed by atoms with Crippen LogP contribution in [0.2, 0.25) is 0 Å². The Labute approximate surface area is 105 Å². The SMILES string of the molecule is CCn1nc(C)c(C(C)NCC=C(C)C)c1C. The zero-order chi connectivity index (χ0) is 13.0. The van der Waals surface area contributed by atoms with E-state index in [0.717, 1.165) is 18.8 Å². The van der Waals surface area contributed by atoms with Gasteiger partial charge in [0.05, 0.1) is 5.69 Å². The van der Waals surface area contributed by atoms with E-state index < -0.39 is 0 Å². The first-order valence-electron chi connectivity index (χ1n) is 6.38. The number of aromatic nitrogens is 2. The molecule has 0 fully saturated rings. The van der Waals surface area contributed by atoms with E-state index in [9.17, 15) is 0 Å². The van der Waals surface area contributed by atoms with Gasteiger partial charge in [-0.3, -0.25) is 4.68 Å². The van der Waals surface area contributed by atoms with Gasteiger partial charge in [-0.15, -0.1) is 0 Å². The van der Waals surface area contributed by atoms with Crippen LogP contribution in [0.4, 0.5) is 0 Å². The van der Waals surface area contributed by atoms with Gasteiger partial charge >= 0.3 is 0 Å². The van der Waals surface area contributed by atoms with Crippen LogP contribution in [-0.2, 0) is 6.54 Å². The van der Waals surface area contributed by atoms with Crippen LogP contribution in [0.3, 0.4) is 0 Å². The topological polar surface area (TPSA) is 29.9 Å². The molecule has 0 saturated carbocycles. The Morgan fingerprint density at radius 2 is 2.06 bits per heavy atom. The highest BCUT2D eigenvalue weighted by molar-refractivity contribution is 5.27. The number of nitrogens with zero attached hydrogens (tertiary/aromatic N) is 2. The molecule has 0 spiro atoms. The van der Waals surface area contributed by atoms with Crippen LogP contribution in [-0.4, -0.2) is 16.3 Å². The summed E-state index contributed by atoms with van der Waals surface area (Å²) in [5, 5.41) is 8.07. The number of nitrogens with one attached hydrogen (secondary N) is 1. The van der Waals surface area contributed by atoms with Gasteiger partial charge in [0, 0.05) is 30.4 Å². The lowest BCUT2D eigenvalue weighted by atomic mass is 10.1. The van der Waals surface area contributed by atoms with Gasteiger partial charge in [0.25, 0.3) is 0 Å². The van der Waals surface area contributed by atoms with E-state index in [1.165, 1.54) is 16.8 Å². The second kappa shape index (κ2) is 6.01. The third kappa shape index (κ3) is 3.43. The lowest BCUT2D eigenvalue weighted by molar-refractivity contribution is 0.601. The molecule has 1 rings (SSSR count). The number of rotatable bonds is 5. The van der Waals surface area contributed by atoms with Crippen molar-refractivity contribution in [1.29, 1.82) is 0 Å². The van der Waals surface area contributed by atoms with Crippen molar-refractivity contribution in [2.45, 2.75) is 54.1 Å². The molecule has 3 heteroatoms. The zero-order valence-electron chi connectivity index (χ0n) is 12.0. The van der Waals surface area contributed by atoms with E-state index >= 15 is 0 Å². The van der Waals surface area contributed by atoms with Gasteiger partial charge < -0.3 is 5.32 Å². The first-order valence-corrected chi connectivity index (χ1v) is 6.38. The molecule has 3 nitrogen and oxygen atoms in total. The molecule has 1 unspecified atom stereocenters. The third-order valence-electron chi connectivity index (χ3n) is 3.10. The number of allylic oxidation sites excluding steroid dienone is 1. The molecular weight excluding hydrogens is 210 g/mol. The van der Waals surface area contributed by atoms with Crippen LogP contribution >= 0.6 is 0 Å². The van der Waals surface area contributed by atoms with Crippen molar-refractivity contribution in [3.63, 3.8) is 0 Å². The van der Waals surface area contributed by atoms with E-state index in [1.54, 1.807) is 0 Å². The third-order valence-corrected chi connectivity index (χ3v) is 3.10. The first-order chi connectivity index (χ1) is 7.97. The van der Waals surface area contributed by atoms with Crippen molar-refractivity contribution in [3.8, 4) is 0 Å². The quantitative estimate of drug-likeness (QED) is 0.795. The van der Waals surface area contributed by atoms with Crippen molar-refractivity contribution in [3.05, 3.63) is 28.6 Å². The van der Waals surface area contributed by atoms with Gasteiger partial charge in [0.1, 0.15) is 0 Å². The molecule has 0 aliphatic rings. The molecule has 0 radical (unpaired) electrons. The van der Waals surface area contributed by atoms with Crippen LogP contribution in [0, 0.1) is 13.8 Å². The molecule has 1 atom stereocenters. The highest BCUT2D eigenvalue weighted by Gasteiger charge is 2.15. The molecule has 0 aromatic carbocycles. The van der Waals surface area contributed by atoms with Crippen LogP contribution < -0.4 is 5.32 Å². The summed E-state index contributed by atoms with van der Waals surface area (Å²) in [4.78, 5) is 0. The monoisotopic (exact) mass is 235 g/mol. The molecule has 0 aliphatic carbocycles. The van der Waals surface area contributed by atoms with E-state index in [-0.39, 0.29) is 0 Å². The molecule has 0 saturated heterocycles. The maximum absolute atomic E-state index is 4.55. The maximum atomic E-state index is 4.55. The van der Waals surface area contributed by atoms with Crippen molar-refractivity contribution in [1.82, 2.24) is 15.1 Å². The summed E-state index contributed by atoms with van der Waals surface area (Å²) in [7, 11) is 0. The van der Waals surface area contributed by atoms with E-state index in [2.05, 4.69) is 62.7 Å². The number of aryl methyl sites for hydroxylation is 2. The van der Waals surface area contributed by atoms with Crippen molar-refractivity contribution >= 4 is 0 Å². The molecular formula is C14H25N3. The molecule has 1 heterocycles. The summed E-state index contributed by atoms with van der Waals surface area (Å²) in [6.45, 7) is 14.7. The Morgan fingerprint density at radius 1 is 1.41 bits per heavy atom. The second-order valence-electron chi connectivity index (χ2n) is 4.81. The standard InChI is InChI=1S/C14H25N3/c1-7-17-13(6)14(12(5)16-17)11(4)15-9-8-10(2)3/h8,11,15H,7,9H2,1-6H3. The van der Waals surface area contributed by atoms with E-state index in [0.29, 0.717) is 6.04 Å². The molecule has 1 N–H and O–H groups in total. The Morgan fingerprint density at radius 3 is 2.53 bits per heavy atom. The first kappa shape index (κ1) is 14.0. The van der Waals surface area contributed by atoms with E-state index in [1.807, 2.05) is 0 Å². The molecule has 0 amide bonds. The normalized spacial score (nSPS) is 12.6. The van der Waals surface area contributed by atoms with Crippen molar-refractivity contribution < 1.29 is 0 Å². The summed E-state index contributed by atoms with van der Waals surface area (Å²) in [5.41, 5.74) is 5.11. The van der Waals surface area contributed by atoms with Crippen LogP contribution in [0.15, 0.2) is 11.6 Å². The van der Waals surface area contributed by atoms with Gasteiger partial charge in [-0.2, -0.15) is 5.10 Å². The Balaban J connectivity index is 2.78. The van der Waals surface area contributed by atoms with Crippen LogP contribution in [0.1, 0.15) is 50.7 Å². The predicted molar refractivity (Wildman–Crippen MR) is 73.2 cm³/mol. The fourth-order valence-electron chi connectivity index (χ4n) is 2.19. The lowest BCUT2D eigenvalue weighted by Crippen LogP contribution is -2.20. The molecule has 0 bridgehead atoms.